The van der Waals surface area contributed by atoms with Crippen molar-refractivity contribution >= 4 is 27.3 Å². The van der Waals surface area contributed by atoms with Crippen molar-refractivity contribution in [2.45, 2.75) is 31.2 Å². The smallest absolute Gasteiger partial charge is 0.151 e. The van der Waals surface area contributed by atoms with Gasteiger partial charge in [-0.3, -0.25) is 4.90 Å². The molecule has 0 bridgehead atoms. The Labute approximate surface area is 141 Å². The molecule has 1 aromatic rings. The Morgan fingerprint density at radius 3 is 2.43 bits per heavy atom. The average molecular weight is 357 g/mol. The molecule has 8 heteroatoms. The topological polar surface area (TPSA) is 66.4 Å². The second-order valence-electron chi connectivity index (χ2n) is 6.76. The molecule has 1 aliphatic carbocycles. The molecule has 0 spiro atoms. The van der Waals surface area contributed by atoms with Crippen LogP contribution in [0.1, 0.15) is 31.0 Å². The molecule has 3 aliphatic rings. The van der Waals surface area contributed by atoms with E-state index in [0.717, 1.165) is 57.1 Å². The molecule has 1 atom stereocenters. The van der Waals surface area contributed by atoms with Crippen LogP contribution in [0.15, 0.2) is 6.07 Å². The Balaban J connectivity index is 1.41. The maximum atomic E-state index is 11.6. The van der Waals surface area contributed by atoms with E-state index < -0.39 is 9.84 Å². The van der Waals surface area contributed by atoms with Gasteiger partial charge in [0.1, 0.15) is 16.8 Å². The van der Waals surface area contributed by atoms with E-state index in [4.69, 9.17) is 11.6 Å². The SMILES string of the molecule is O=S1(=O)CCC(N2CCN(c3cc(Cl)nc(C4CC4)n3)CC2)C1. The molecule has 0 aromatic carbocycles. The molecule has 0 N–H and O–H groups in total. The predicted octanol–water partition coefficient (Wildman–Crippen LogP) is 1.32. The minimum Gasteiger partial charge on any atom is -0.354 e. The Kier molecular flexibility index (Phi) is 3.98. The molecule has 0 radical (unpaired) electrons. The van der Waals surface area contributed by atoms with Crippen LogP contribution in [-0.4, -0.2) is 67.0 Å². The minimum absolute atomic E-state index is 0.193. The van der Waals surface area contributed by atoms with Gasteiger partial charge in [-0.25, -0.2) is 18.4 Å². The van der Waals surface area contributed by atoms with Gasteiger partial charge < -0.3 is 4.90 Å². The summed E-state index contributed by atoms with van der Waals surface area (Å²) in [5.74, 6) is 2.92. The monoisotopic (exact) mass is 356 g/mol. The molecule has 0 amide bonds. The first kappa shape index (κ1) is 15.6. The Morgan fingerprint density at radius 2 is 1.83 bits per heavy atom. The first-order valence-electron chi connectivity index (χ1n) is 8.24. The summed E-state index contributed by atoms with van der Waals surface area (Å²) in [6.45, 7) is 3.46. The van der Waals surface area contributed by atoms with Crippen molar-refractivity contribution in [2.75, 3.05) is 42.6 Å². The van der Waals surface area contributed by atoms with Crippen LogP contribution < -0.4 is 4.90 Å². The fraction of sp³-hybridized carbons (Fsp3) is 0.733. The third kappa shape index (κ3) is 3.46. The molecule has 2 aliphatic heterocycles. The summed E-state index contributed by atoms with van der Waals surface area (Å²) in [4.78, 5) is 13.6. The van der Waals surface area contributed by atoms with Crippen molar-refractivity contribution in [1.82, 2.24) is 14.9 Å². The van der Waals surface area contributed by atoms with Crippen LogP contribution in [0.5, 0.6) is 0 Å². The van der Waals surface area contributed by atoms with Crippen LogP contribution >= 0.6 is 11.6 Å². The molecule has 2 saturated heterocycles. The van der Waals surface area contributed by atoms with Crippen molar-refractivity contribution in [3.05, 3.63) is 17.0 Å². The summed E-state index contributed by atoms with van der Waals surface area (Å²) in [6.07, 6.45) is 3.08. The number of piperazine rings is 1. The second-order valence-corrected chi connectivity index (χ2v) is 9.38. The molecular formula is C15H21ClN4O2S. The largest absolute Gasteiger partial charge is 0.354 e. The predicted molar refractivity (Wildman–Crippen MR) is 89.9 cm³/mol. The van der Waals surface area contributed by atoms with Crippen molar-refractivity contribution in [3.63, 3.8) is 0 Å². The maximum Gasteiger partial charge on any atom is 0.151 e. The summed E-state index contributed by atoms with van der Waals surface area (Å²) in [5, 5.41) is 0.515. The lowest BCUT2D eigenvalue weighted by Crippen LogP contribution is -2.51. The maximum absolute atomic E-state index is 11.6. The van der Waals surface area contributed by atoms with Crippen LogP contribution in [0, 0.1) is 0 Å². The van der Waals surface area contributed by atoms with Crippen molar-refractivity contribution in [2.24, 2.45) is 0 Å². The number of sulfone groups is 1. The first-order chi connectivity index (χ1) is 11.0. The lowest BCUT2D eigenvalue weighted by atomic mass is 10.2. The normalized spacial score (nSPS) is 28.2. The molecule has 6 nitrogen and oxygen atoms in total. The van der Waals surface area contributed by atoms with Crippen LogP contribution in [0.4, 0.5) is 5.82 Å². The second kappa shape index (κ2) is 5.86. The molecule has 4 rings (SSSR count). The van der Waals surface area contributed by atoms with E-state index in [2.05, 4.69) is 19.8 Å². The molecule has 1 unspecified atom stereocenters. The molecule has 126 valence electrons. The van der Waals surface area contributed by atoms with Gasteiger partial charge in [-0.2, -0.15) is 0 Å². The summed E-state index contributed by atoms with van der Waals surface area (Å²) in [5.41, 5.74) is 0. The van der Waals surface area contributed by atoms with Gasteiger partial charge in [0, 0.05) is 44.2 Å². The number of aromatic nitrogens is 2. The zero-order valence-corrected chi connectivity index (χ0v) is 14.6. The highest BCUT2D eigenvalue weighted by Crippen LogP contribution is 2.39. The van der Waals surface area contributed by atoms with Crippen LogP contribution in [0.2, 0.25) is 5.15 Å². The molecule has 23 heavy (non-hydrogen) atoms. The number of anilines is 1. The molecule has 3 fully saturated rings. The summed E-state index contributed by atoms with van der Waals surface area (Å²) in [7, 11) is -2.82. The number of halogens is 1. The van der Waals surface area contributed by atoms with Crippen LogP contribution in [0.3, 0.4) is 0 Å². The molecule has 3 heterocycles. The van der Waals surface area contributed by atoms with Crippen molar-refractivity contribution in [3.8, 4) is 0 Å². The summed E-state index contributed by atoms with van der Waals surface area (Å²) < 4.78 is 23.3. The Bertz CT molecular complexity index is 699. The van der Waals surface area contributed by atoms with Crippen molar-refractivity contribution < 1.29 is 8.42 Å². The van der Waals surface area contributed by atoms with Crippen LogP contribution in [-0.2, 0) is 9.84 Å². The first-order valence-corrected chi connectivity index (χ1v) is 10.4. The van der Waals surface area contributed by atoms with E-state index >= 15 is 0 Å². The van der Waals surface area contributed by atoms with E-state index in [0.29, 0.717) is 22.6 Å². The Hall–Kier alpha value is -0.920. The molecular weight excluding hydrogens is 336 g/mol. The number of rotatable bonds is 3. The van der Waals surface area contributed by atoms with E-state index in [-0.39, 0.29) is 6.04 Å². The highest BCUT2D eigenvalue weighted by molar-refractivity contribution is 7.91. The van der Waals surface area contributed by atoms with Crippen LogP contribution in [0.25, 0.3) is 0 Å². The van der Waals surface area contributed by atoms with E-state index in [9.17, 15) is 8.42 Å². The van der Waals surface area contributed by atoms with E-state index in [1.807, 2.05) is 6.07 Å². The van der Waals surface area contributed by atoms with Gasteiger partial charge in [-0.1, -0.05) is 11.6 Å². The summed E-state index contributed by atoms with van der Waals surface area (Å²) >= 11 is 6.15. The highest BCUT2D eigenvalue weighted by Gasteiger charge is 2.34. The fourth-order valence-corrected chi connectivity index (χ4v) is 5.43. The van der Waals surface area contributed by atoms with Crippen molar-refractivity contribution in [1.29, 1.82) is 0 Å². The van der Waals surface area contributed by atoms with Gasteiger partial charge in [0.05, 0.1) is 11.5 Å². The molecule has 1 saturated carbocycles. The van der Waals surface area contributed by atoms with Gasteiger partial charge in [0.2, 0.25) is 0 Å². The number of hydrogen-bond acceptors (Lipinski definition) is 6. The van der Waals surface area contributed by atoms with Gasteiger partial charge in [-0.05, 0) is 19.3 Å². The third-order valence-corrected chi connectivity index (χ3v) is 6.95. The zero-order valence-electron chi connectivity index (χ0n) is 13.0. The quantitative estimate of drug-likeness (QED) is 0.761. The van der Waals surface area contributed by atoms with Gasteiger partial charge >= 0.3 is 0 Å². The zero-order chi connectivity index (χ0) is 16.0. The van der Waals surface area contributed by atoms with E-state index in [1.54, 1.807) is 0 Å². The lowest BCUT2D eigenvalue weighted by molar-refractivity contribution is 0.200. The average Bonchev–Trinajstić information content (AvgIpc) is 3.31. The summed E-state index contributed by atoms with van der Waals surface area (Å²) in [6, 6.07) is 2.03. The highest BCUT2D eigenvalue weighted by atomic mass is 35.5. The minimum atomic E-state index is -2.82. The van der Waals surface area contributed by atoms with E-state index in [1.165, 1.54) is 0 Å². The standard InChI is InChI=1S/C15H21ClN4O2S/c16-13-9-14(18-15(17-13)11-1-2-11)20-6-4-19(5-7-20)12-3-8-23(21,22)10-12/h9,11-12H,1-8,10H2. The fourth-order valence-electron chi connectivity index (χ4n) is 3.49. The number of hydrogen-bond donors (Lipinski definition) is 0. The Morgan fingerprint density at radius 1 is 1.09 bits per heavy atom. The third-order valence-electron chi connectivity index (χ3n) is 5.00. The lowest BCUT2D eigenvalue weighted by Gasteiger charge is -2.38. The van der Waals surface area contributed by atoms with Gasteiger partial charge in [0.25, 0.3) is 0 Å². The number of nitrogens with zero attached hydrogens (tertiary/aromatic N) is 4. The molecule has 1 aromatic heterocycles. The van der Waals surface area contributed by atoms with Gasteiger partial charge in [-0.15, -0.1) is 0 Å². The van der Waals surface area contributed by atoms with Gasteiger partial charge in [0.15, 0.2) is 9.84 Å².